The molecule has 0 saturated carbocycles. The number of aryl methyl sites for hydroxylation is 1. The number of nitrogens with zero attached hydrogens (tertiary/aromatic N) is 4. The maximum Gasteiger partial charge on any atom is 0.433 e. The lowest BCUT2D eigenvalue weighted by atomic mass is 9.83. The molecular weight excluding hydrogens is 581 g/mol. The topological polar surface area (TPSA) is 107 Å². The van der Waals surface area contributed by atoms with Gasteiger partial charge in [0, 0.05) is 30.4 Å². The van der Waals surface area contributed by atoms with Gasteiger partial charge in [-0.2, -0.15) is 13.2 Å². The number of hydrogen-bond donors (Lipinski definition) is 1. The van der Waals surface area contributed by atoms with E-state index in [4.69, 9.17) is 16.3 Å². The van der Waals surface area contributed by atoms with Gasteiger partial charge in [-0.3, -0.25) is 4.98 Å². The summed E-state index contributed by atoms with van der Waals surface area (Å²) in [4.78, 5) is 12.2. The molecule has 2 aromatic carbocycles. The molecule has 0 bridgehead atoms. The number of aliphatic hydroxyl groups is 1. The van der Waals surface area contributed by atoms with E-state index in [1.54, 1.807) is 37.4 Å². The van der Waals surface area contributed by atoms with E-state index in [1.807, 2.05) is 0 Å². The Balaban J connectivity index is 1.76. The van der Waals surface area contributed by atoms with Crippen LogP contribution in [0.4, 0.5) is 13.2 Å². The Kier molecular flexibility index (Phi) is 7.04. The Morgan fingerprint density at radius 2 is 1.76 bits per heavy atom. The van der Waals surface area contributed by atoms with Gasteiger partial charge in [-0.05, 0) is 41.5 Å². The van der Waals surface area contributed by atoms with Crippen molar-refractivity contribution >= 4 is 32.3 Å². The van der Waals surface area contributed by atoms with Gasteiger partial charge in [0.1, 0.15) is 5.69 Å². The number of benzene rings is 2. The van der Waals surface area contributed by atoms with Gasteiger partial charge in [-0.1, -0.05) is 35.9 Å². The summed E-state index contributed by atoms with van der Waals surface area (Å²) in [7, 11) is -0.487. The first kappa shape index (κ1) is 28.5. The molecular formula is C28H22ClF3N4O4S. The molecule has 5 rings (SSSR count). The summed E-state index contributed by atoms with van der Waals surface area (Å²) >= 11 is 6.92. The van der Waals surface area contributed by atoms with E-state index >= 15 is 0 Å². The molecule has 5 aromatic rings. The second-order valence-corrected chi connectivity index (χ2v) is 11.8. The molecule has 1 N–H and O–H groups in total. The van der Waals surface area contributed by atoms with E-state index in [9.17, 15) is 26.7 Å². The number of imidazole rings is 1. The van der Waals surface area contributed by atoms with E-state index in [0.29, 0.717) is 22.0 Å². The Morgan fingerprint density at radius 1 is 1.02 bits per heavy atom. The van der Waals surface area contributed by atoms with Crippen LogP contribution >= 0.6 is 11.6 Å². The van der Waals surface area contributed by atoms with Gasteiger partial charge in [0.15, 0.2) is 15.4 Å². The summed E-state index contributed by atoms with van der Waals surface area (Å²) in [6.07, 6.45) is 0.249. The van der Waals surface area contributed by atoms with Crippen LogP contribution in [-0.4, -0.2) is 46.4 Å². The van der Waals surface area contributed by atoms with Crippen molar-refractivity contribution in [3.63, 3.8) is 0 Å². The third-order valence-electron chi connectivity index (χ3n) is 6.71. The summed E-state index contributed by atoms with van der Waals surface area (Å²) in [6, 6.07) is 12.8. The molecule has 8 nitrogen and oxygen atoms in total. The van der Waals surface area contributed by atoms with Gasteiger partial charge < -0.3 is 14.4 Å². The molecule has 0 fully saturated rings. The molecule has 1 unspecified atom stereocenters. The van der Waals surface area contributed by atoms with Gasteiger partial charge in [0.2, 0.25) is 5.88 Å². The molecule has 0 aliphatic carbocycles. The molecule has 0 saturated heterocycles. The minimum absolute atomic E-state index is 0.0621. The van der Waals surface area contributed by atoms with Gasteiger partial charge >= 0.3 is 6.18 Å². The number of ether oxygens (including phenoxy) is 1. The first-order valence-electron chi connectivity index (χ1n) is 12.0. The highest BCUT2D eigenvalue weighted by atomic mass is 35.5. The standard InChI is InChI=1S/C28H22ClF3N4O4S/c1-36-15-33-14-23(36)27(37,18-8-10-22(34-13-18)28(30,31)32)17-7-9-21-20(12-17)25(29)24(26(35-21)40-2)16-5-4-6-19(11-16)41(3,38)39/h4-15,37H,1-3H3. The van der Waals surface area contributed by atoms with Crippen LogP contribution in [0.25, 0.3) is 22.0 Å². The average Bonchev–Trinajstić information content (AvgIpc) is 3.37. The average molecular weight is 603 g/mol. The molecule has 0 amide bonds. The first-order chi connectivity index (χ1) is 19.2. The first-order valence-corrected chi connectivity index (χ1v) is 14.2. The molecule has 0 aliphatic rings. The normalized spacial score (nSPS) is 13.8. The second-order valence-electron chi connectivity index (χ2n) is 9.37. The largest absolute Gasteiger partial charge is 0.480 e. The van der Waals surface area contributed by atoms with Crippen molar-refractivity contribution in [1.82, 2.24) is 19.5 Å². The van der Waals surface area contributed by atoms with Crippen LogP contribution in [0.5, 0.6) is 5.88 Å². The Labute approximate surface area is 238 Å². The fourth-order valence-corrected chi connectivity index (χ4v) is 5.66. The Morgan fingerprint density at radius 3 is 2.34 bits per heavy atom. The Hall–Kier alpha value is -4.00. The predicted molar refractivity (Wildman–Crippen MR) is 146 cm³/mol. The molecule has 3 aromatic heterocycles. The molecule has 0 radical (unpaired) electrons. The van der Waals surface area contributed by atoms with Gasteiger partial charge in [0.05, 0.1) is 46.3 Å². The highest BCUT2D eigenvalue weighted by Gasteiger charge is 2.39. The lowest BCUT2D eigenvalue weighted by Crippen LogP contribution is -2.31. The number of hydrogen-bond acceptors (Lipinski definition) is 7. The van der Waals surface area contributed by atoms with Crippen LogP contribution < -0.4 is 4.74 Å². The van der Waals surface area contributed by atoms with E-state index in [1.165, 1.54) is 36.3 Å². The summed E-state index contributed by atoms with van der Waals surface area (Å²) in [5.74, 6) is 0.148. The number of pyridine rings is 2. The number of rotatable bonds is 6. The van der Waals surface area contributed by atoms with Crippen LogP contribution in [-0.2, 0) is 28.7 Å². The molecule has 0 spiro atoms. The smallest absolute Gasteiger partial charge is 0.433 e. The van der Waals surface area contributed by atoms with Crippen molar-refractivity contribution in [2.75, 3.05) is 13.4 Å². The van der Waals surface area contributed by atoms with Crippen LogP contribution in [0.15, 0.2) is 78.2 Å². The number of methoxy groups -OCH3 is 1. The zero-order valence-electron chi connectivity index (χ0n) is 21.8. The molecule has 212 valence electrons. The molecule has 3 heterocycles. The second kappa shape index (κ2) is 10.1. The highest BCUT2D eigenvalue weighted by molar-refractivity contribution is 7.90. The maximum atomic E-state index is 13.2. The predicted octanol–water partition coefficient (Wildman–Crippen LogP) is 5.40. The monoisotopic (exact) mass is 602 g/mol. The highest BCUT2D eigenvalue weighted by Crippen LogP contribution is 2.43. The Bertz CT molecular complexity index is 1890. The van der Waals surface area contributed by atoms with E-state index in [-0.39, 0.29) is 32.6 Å². The van der Waals surface area contributed by atoms with E-state index in [0.717, 1.165) is 24.6 Å². The van der Waals surface area contributed by atoms with Gasteiger partial charge in [0.25, 0.3) is 0 Å². The van der Waals surface area contributed by atoms with Crippen LogP contribution in [0.1, 0.15) is 22.5 Å². The van der Waals surface area contributed by atoms with Crippen LogP contribution in [0.3, 0.4) is 0 Å². The minimum Gasteiger partial charge on any atom is -0.480 e. The van der Waals surface area contributed by atoms with E-state index < -0.39 is 27.3 Å². The van der Waals surface area contributed by atoms with Crippen molar-refractivity contribution in [2.24, 2.45) is 7.05 Å². The summed E-state index contributed by atoms with van der Waals surface area (Å²) in [5, 5.41) is 12.8. The van der Waals surface area contributed by atoms with Crippen molar-refractivity contribution < 1.29 is 31.4 Å². The fraction of sp³-hybridized carbons (Fsp3) is 0.179. The molecule has 0 aliphatic heterocycles. The number of aromatic nitrogens is 4. The summed E-state index contributed by atoms with van der Waals surface area (Å²) in [5.41, 5.74) is -1.36. The van der Waals surface area contributed by atoms with Crippen LogP contribution in [0, 0.1) is 0 Å². The molecule has 1 atom stereocenters. The van der Waals surface area contributed by atoms with Crippen molar-refractivity contribution in [3.05, 3.63) is 101 Å². The number of sulfone groups is 1. The quantitative estimate of drug-likeness (QED) is 0.277. The zero-order chi connectivity index (χ0) is 29.7. The number of halogens is 4. The summed E-state index contributed by atoms with van der Waals surface area (Å²) < 4.78 is 71.1. The maximum absolute atomic E-state index is 13.2. The lowest BCUT2D eigenvalue weighted by Gasteiger charge is -2.30. The van der Waals surface area contributed by atoms with Gasteiger partial charge in [-0.15, -0.1) is 0 Å². The SMILES string of the molecule is COc1nc2ccc(C(O)(c3ccc(C(F)(F)F)nc3)c3cncn3C)cc2c(Cl)c1-c1cccc(S(C)(=O)=O)c1. The van der Waals surface area contributed by atoms with Crippen LogP contribution in [0.2, 0.25) is 5.02 Å². The lowest BCUT2D eigenvalue weighted by molar-refractivity contribution is -0.141. The number of fused-ring (bicyclic) bond motifs is 1. The van der Waals surface area contributed by atoms with Gasteiger partial charge in [-0.25, -0.2) is 18.4 Å². The minimum atomic E-state index is -4.66. The van der Waals surface area contributed by atoms with Crippen molar-refractivity contribution in [3.8, 4) is 17.0 Å². The molecule has 13 heteroatoms. The number of alkyl halides is 3. The van der Waals surface area contributed by atoms with Crippen molar-refractivity contribution in [2.45, 2.75) is 16.7 Å². The fourth-order valence-electron chi connectivity index (χ4n) is 4.65. The third kappa shape index (κ3) is 5.03. The molecule has 41 heavy (non-hydrogen) atoms. The van der Waals surface area contributed by atoms with Crippen molar-refractivity contribution in [1.29, 1.82) is 0 Å². The third-order valence-corrected chi connectivity index (χ3v) is 8.21. The zero-order valence-corrected chi connectivity index (χ0v) is 23.4. The van der Waals surface area contributed by atoms with E-state index in [2.05, 4.69) is 15.0 Å². The summed E-state index contributed by atoms with van der Waals surface area (Å²) in [6.45, 7) is 0.